The fraction of sp³-hybridized carbons (Fsp3) is 0.0714. The summed E-state index contributed by atoms with van der Waals surface area (Å²) >= 11 is 9.36. The first kappa shape index (κ1) is 13.9. The van der Waals surface area contributed by atoms with Gasteiger partial charge in [-0.2, -0.15) is 0 Å². The quantitative estimate of drug-likeness (QED) is 0.853. The number of hydrogen-bond donors (Lipinski definition) is 2. The second-order valence-electron chi connectivity index (χ2n) is 3.91. The molecule has 2 aromatic carbocycles. The second-order valence-corrected chi connectivity index (χ2v) is 5.23. The van der Waals surface area contributed by atoms with Crippen LogP contribution < -0.4 is 10.6 Å². The molecule has 0 atom stereocenters. The monoisotopic (exact) mass is 338 g/mol. The van der Waals surface area contributed by atoms with Crippen molar-refractivity contribution in [1.29, 1.82) is 0 Å². The zero-order valence-corrected chi connectivity index (χ0v) is 12.3. The molecule has 2 aromatic rings. The van der Waals surface area contributed by atoms with E-state index >= 15 is 0 Å². The van der Waals surface area contributed by atoms with Gasteiger partial charge in [-0.3, -0.25) is 0 Å². The average Bonchev–Trinajstić information content (AvgIpc) is 2.38. The maximum Gasteiger partial charge on any atom is 0.319 e. The number of amides is 2. The molecule has 0 saturated carbocycles. The Bertz CT molecular complexity index is 589. The van der Waals surface area contributed by atoms with E-state index < -0.39 is 0 Å². The molecule has 2 N–H and O–H groups in total. The largest absolute Gasteiger partial charge is 0.334 e. The summed E-state index contributed by atoms with van der Waals surface area (Å²) in [5.74, 6) is 0. The van der Waals surface area contributed by atoms with Crippen LogP contribution >= 0.6 is 27.5 Å². The maximum absolute atomic E-state index is 11.7. The summed E-state index contributed by atoms with van der Waals surface area (Å²) in [6.07, 6.45) is 0. The molecule has 0 bridgehead atoms. The highest BCUT2D eigenvalue weighted by molar-refractivity contribution is 9.10. The molecule has 0 saturated heterocycles. The third-order valence-corrected chi connectivity index (χ3v) is 3.34. The van der Waals surface area contributed by atoms with Gasteiger partial charge in [0.25, 0.3) is 0 Å². The van der Waals surface area contributed by atoms with Crippen molar-refractivity contribution in [1.82, 2.24) is 5.32 Å². The SMILES string of the molecule is O=C(NCc1ccccc1Cl)Nc1cccc(Br)c1. The van der Waals surface area contributed by atoms with Crippen molar-refractivity contribution in [2.24, 2.45) is 0 Å². The van der Waals surface area contributed by atoms with E-state index in [1.807, 2.05) is 42.5 Å². The molecule has 3 nitrogen and oxygen atoms in total. The molecular weight excluding hydrogens is 328 g/mol. The third-order valence-electron chi connectivity index (χ3n) is 2.48. The van der Waals surface area contributed by atoms with E-state index in [1.54, 1.807) is 6.07 Å². The van der Waals surface area contributed by atoms with E-state index in [9.17, 15) is 4.79 Å². The van der Waals surface area contributed by atoms with Gasteiger partial charge >= 0.3 is 6.03 Å². The van der Waals surface area contributed by atoms with Crippen molar-refractivity contribution < 1.29 is 4.79 Å². The van der Waals surface area contributed by atoms with Crippen LogP contribution in [0.4, 0.5) is 10.5 Å². The minimum absolute atomic E-state index is 0.266. The lowest BCUT2D eigenvalue weighted by atomic mass is 10.2. The Hall–Kier alpha value is -1.52. The van der Waals surface area contributed by atoms with Crippen LogP contribution in [-0.4, -0.2) is 6.03 Å². The number of rotatable bonds is 3. The van der Waals surface area contributed by atoms with Crippen LogP contribution in [0, 0.1) is 0 Å². The highest BCUT2D eigenvalue weighted by atomic mass is 79.9. The highest BCUT2D eigenvalue weighted by Gasteiger charge is 2.03. The van der Waals surface area contributed by atoms with Crippen LogP contribution in [0.3, 0.4) is 0 Å². The predicted octanol–water partition coefficient (Wildman–Crippen LogP) is 4.42. The second kappa shape index (κ2) is 6.59. The van der Waals surface area contributed by atoms with E-state index in [0.717, 1.165) is 15.7 Å². The van der Waals surface area contributed by atoms with Crippen molar-refractivity contribution in [3.05, 3.63) is 63.6 Å². The van der Waals surface area contributed by atoms with Crippen molar-refractivity contribution >= 4 is 39.2 Å². The molecule has 0 heterocycles. The number of benzene rings is 2. The number of anilines is 1. The molecular formula is C14H12BrClN2O. The lowest BCUT2D eigenvalue weighted by Crippen LogP contribution is -2.28. The first-order valence-electron chi connectivity index (χ1n) is 5.69. The molecule has 2 amide bonds. The summed E-state index contributed by atoms with van der Waals surface area (Å²) in [6, 6.07) is 14.5. The van der Waals surface area contributed by atoms with Gasteiger partial charge in [0.15, 0.2) is 0 Å². The normalized spacial score (nSPS) is 10.0. The Balaban J connectivity index is 1.90. The summed E-state index contributed by atoms with van der Waals surface area (Å²) < 4.78 is 0.913. The Kier molecular flexibility index (Phi) is 4.82. The summed E-state index contributed by atoms with van der Waals surface area (Å²) in [7, 11) is 0. The van der Waals surface area contributed by atoms with E-state index in [-0.39, 0.29) is 6.03 Å². The number of urea groups is 1. The van der Waals surface area contributed by atoms with Gasteiger partial charge < -0.3 is 10.6 Å². The van der Waals surface area contributed by atoms with Crippen molar-refractivity contribution in [2.75, 3.05) is 5.32 Å². The molecule has 0 unspecified atom stereocenters. The topological polar surface area (TPSA) is 41.1 Å². The number of nitrogens with one attached hydrogen (secondary N) is 2. The van der Waals surface area contributed by atoms with Crippen molar-refractivity contribution in [2.45, 2.75) is 6.54 Å². The minimum Gasteiger partial charge on any atom is -0.334 e. The molecule has 0 radical (unpaired) electrons. The Morgan fingerprint density at radius 1 is 1.16 bits per heavy atom. The minimum atomic E-state index is -0.266. The average molecular weight is 340 g/mol. The molecule has 0 aliphatic heterocycles. The van der Waals surface area contributed by atoms with Crippen molar-refractivity contribution in [3.63, 3.8) is 0 Å². The van der Waals surface area contributed by atoms with Gasteiger partial charge in [0.2, 0.25) is 0 Å². The Morgan fingerprint density at radius 2 is 1.95 bits per heavy atom. The molecule has 0 aromatic heterocycles. The zero-order chi connectivity index (χ0) is 13.7. The molecule has 0 spiro atoms. The van der Waals surface area contributed by atoms with Gasteiger partial charge in [-0.15, -0.1) is 0 Å². The zero-order valence-electron chi connectivity index (χ0n) is 9.99. The van der Waals surface area contributed by atoms with Gasteiger partial charge in [-0.1, -0.05) is 51.8 Å². The predicted molar refractivity (Wildman–Crippen MR) is 81.5 cm³/mol. The molecule has 0 aliphatic rings. The summed E-state index contributed by atoms with van der Waals surface area (Å²) in [5.41, 5.74) is 1.61. The fourth-order valence-electron chi connectivity index (χ4n) is 1.56. The molecule has 19 heavy (non-hydrogen) atoms. The first-order chi connectivity index (χ1) is 9.15. The highest BCUT2D eigenvalue weighted by Crippen LogP contribution is 2.16. The first-order valence-corrected chi connectivity index (χ1v) is 6.86. The lowest BCUT2D eigenvalue weighted by molar-refractivity contribution is 0.251. The van der Waals surface area contributed by atoms with Crippen molar-refractivity contribution in [3.8, 4) is 0 Å². The van der Waals surface area contributed by atoms with Crippen LogP contribution in [0.25, 0.3) is 0 Å². The molecule has 2 rings (SSSR count). The van der Waals surface area contributed by atoms with Crippen LogP contribution in [0.1, 0.15) is 5.56 Å². The summed E-state index contributed by atoms with van der Waals surface area (Å²) in [6.45, 7) is 0.388. The molecule has 98 valence electrons. The van der Waals surface area contributed by atoms with E-state index in [2.05, 4.69) is 26.6 Å². The van der Waals surface area contributed by atoms with E-state index in [4.69, 9.17) is 11.6 Å². The van der Waals surface area contributed by atoms with Crippen LogP contribution in [0.2, 0.25) is 5.02 Å². The lowest BCUT2D eigenvalue weighted by Gasteiger charge is -2.08. The number of hydrogen-bond acceptors (Lipinski definition) is 1. The van der Waals surface area contributed by atoms with Gasteiger partial charge in [0.05, 0.1) is 0 Å². The van der Waals surface area contributed by atoms with Crippen LogP contribution in [0.5, 0.6) is 0 Å². The van der Waals surface area contributed by atoms with Gasteiger partial charge in [0, 0.05) is 21.7 Å². The summed E-state index contributed by atoms with van der Waals surface area (Å²) in [4.78, 5) is 11.7. The number of carbonyl (C=O) groups is 1. The van der Waals surface area contributed by atoms with Gasteiger partial charge in [0.1, 0.15) is 0 Å². The Morgan fingerprint density at radius 3 is 2.68 bits per heavy atom. The Labute approximate surface area is 125 Å². The standard InChI is InChI=1S/C14H12BrClN2O/c15-11-5-3-6-12(8-11)18-14(19)17-9-10-4-1-2-7-13(10)16/h1-8H,9H2,(H2,17,18,19). The molecule has 0 aliphatic carbocycles. The maximum atomic E-state index is 11.7. The number of halogens is 2. The smallest absolute Gasteiger partial charge is 0.319 e. The van der Waals surface area contributed by atoms with Gasteiger partial charge in [-0.25, -0.2) is 4.79 Å². The van der Waals surface area contributed by atoms with E-state index in [1.165, 1.54) is 0 Å². The van der Waals surface area contributed by atoms with Crippen LogP contribution in [-0.2, 0) is 6.54 Å². The third kappa shape index (κ3) is 4.26. The summed E-state index contributed by atoms with van der Waals surface area (Å²) in [5, 5.41) is 6.15. The molecule has 5 heteroatoms. The number of carbonyl (C=O) groups excluding carboxylic acids is 1. The fourth-order valence-corrected chi connectivity index (χ4v) is 2.16. The van der Waals surface area contributed by atoms with E-state index in [0.29, 0.717) is 11.6 Å². The van der Waals surface area contributed by atoms with Gasteiger partial charge in [-0.05, 0) is 29.8 Å². The molecule has 0 fully saturated rings. The van der Waals surface area contributed by atoms with Crippen LogP contribution in [0.15, 0.2) is 53.0 Å².